The van der Waals surface area contributed by atoms with Gasteiger partial charge in [-0.1, -0.05) is 0 Å². The van der Waals surface area contributed by atoms with E-state index in [4.69, 9.17) is 15.3 Å². The summed E-state index contributed by atoms with van der Waals surface area (Å²) in [7, 11) is 0. The highest BCUT2D eigenvalue weighted by molar-refractivity contribution is 5.90. The van der Waals surface area contributed by atoms with Crippen molar-refractivity contribution in [3.63, 3.8) is 0 Å². The number of carbonyl (C=O) groups excluding carboxylic acids is 2. The molecule has 0 aromatic carbocycles. The second kappa shape index (κ2) is 9.15. The summed E-state index contributed by atoms with van der Waals surface area (Å²) >= 11 is 0. The molecule has 0 radical (unpaired) electrons. The number of hydrogen-bond acceptors (Lipinski definition) is 5. The van der Waals surface area contributed by atoms with E-state index in [9.17, 15) is 24.0 Å². The summed E-state index contributed by atoms with van der Waals surface area (Å²) in [5.41, 5.74) is 0. The van der Waals surface area contributed by atoms with Gasteiger partial charge in [0.15, 0.2) is 0 Å². The van der Waals surface area contributed by atoms with Gasteiger partial charge in [-0.2, -0.15) is 0 Å². The van der Waals surface area contributed by atoms with Gasteiger partial charge in [-0.15, -0.1) is 0 Å². The standard InChI is InChI=1S/C11H17N3O8/c1-5(15)12-6(4-9(18)19)10(20)13-7(14-11(21)22)2-3-8(16)17/h6-7,14H,2-4H2,1H3,(H,12,15)(H,13,20)(H,16,17)(H,18,19)(H,21,22)/t6-,7+/m0/s1. The smallest absolute Gasteiger partial charge is 0.406 e. The highest BCUT2D eigenvalue weighted by Crippen LogP contribution is 1.99. The number of carboxylic acids is 2. The lowest BCUT2D eigenvalue weighted by molar-refractivity contribution is -0.140. The van der Waals surface area contributed by atoms with Crippen LogP contribution in [-0.4, -0.2) is 57.4 Å². The first-order valence-electron chi connectivity index (χ1n) is 6.12. The molecule has 0 aromatic rings. The Kier molecular flexibility index (Phi) is 7.97. The van der Waals surface area contributed by atoms with E-state index in [0.29, 0.717) is 0 Å². The molecule has 3 amide bonds. The lowest BCUT2D eigenvalue weighted by atomic mass is 10.1. The molecular weight excluding hydrogens is 302 g/mol. The van der Waals surface area contributed by atoms with Crippen molar-refractivity contribution in [3.05, 3.63) is 0 Å². The second-order valence-corrected chi connectivity index (χ2v) is 4.29. The maximum Gasteiger partial charge on any atom is 0.406 e. The third kappa shape index (κ3) is 9.12. The number of amides is 3. The van der Waals surface area contributed by atoms with Gasteiger partial charge in [-0.3, -0.25) is 19.2 Å². The molecule has 0 aliphatic heterocycles. The van der Waals surface area contributed by atoms with Gasteiger partial charge in [-0.25, -0.2) is 4.79 Å². The van der Waals surface area contributed by atoms with Crippen LogP contribution in [0.2, 0.25) is 0 Å². The topological polar surface area (TPSA) is 182 Å². The minimum absolute atomic E-state index is 0.243. The fourth-order valence-corrected chi connectivity index (χ4v) is 1.50. The molecule has 0 aliphatic rings. The predicted molar refractivity (Wildman–Crippen MR) is 69.8 cm³/mol. The summed E-state index contributed by atoms with van der Waals surface area (Å²) in [4.78, 5) is 54.5. The molecule has 0 rings (SSSR count). The van der Waals surface area contributed by atoms with Gasteiger partial charge in [0.1, 0.15) is 12.2 Å². The van der Waals surface area contributed by atoms with Crippen LogP contribution in [0.25, 0.3) is 0 Å². The summed E-state index contributed by atoms with van der Waals surface area (Å²) in [6.07, 6.45) is -4.09. The molecule has 0 bridgehead atoms. The number of rotatable bonds is 9. The molecule has 6 N–H and O–H groups in total. The molecule has 0 unspecified atom stereocenters. The minimum atomic E-state index is -1.50. The molecule has 0 aromatic heterocycles. The number of carboxylic acid groups (broad SMARTS) is 3. The third-order valence-corrected chi connectivity index (χ3v) is 2.33. The normalized spacial score (nSPS) is 12.6. The summed E-state index contributed by atoms with van der Waals surface area (Å²) < 4.78 is 0. The predicted octanol–water partition coefficient (Wildman–Crippen LogP) is -1.46. The number of aliphatic carboxylic acids is 2. The van der Waals surface area contributed by atoms with E-state index < -0.39 is 54.9 Å². The second-order valence-electron chi connectivity index (χ2n) is 4.29. The van der Waals surface area contributed by atoms with Crippen LogP contribution in [0.15, 0.2) is 0 Å². The monoisotopic (exact) mass is 319 g/mol. The van der Waals surface area contributed by atoms with Crippen LogP contribution < -0.4 is 16.0 Å². The molecule has 0 heterocycles. The zero-order valence-electron chi connectivity index (χ0n) is 11.7. The molecule has 124 valence electrons. The Bertz CT molecular complexity index is 448. The van der Waals surface area contributed by atoms with E-state index in [1.807, 2.05) is 5.32 Å². The van der Waals surface area contributed by atoms with Crippen molar-refractivity contribution in [2.45, 2.75) is 38.4 Å². The van der Waals surface area contributed by atoms with Gasteiger partial charge in [0, 0.05) is 13.3 Å². The minimum Gasteiger partial charge on any atom is -0.481 e. The van der Waals surface area contributed by atoms with E-state index >= 15 is 0 Å². The molecule has 0 spiro atoms. The molecule has 0 aliphatic carbocycles. The SMILES string of the molecule is CC(=O)N[C@@H](CC(=O)O)C(=O)N[C@@H](CCC(=O)O)NC(=O)O. The van der Waals surface area contributed by atoms with Crippen LogP contribution in [-0.2, 0) is 19.2 Å². The van der Waals surface area contributed by atoms with Gasteiger partial charge in [0.05, 0.1) is 6.42 Å². The number of hydrogen-bond donors (Lipinski definition) is 6. The van der Waals surface area contributed by atoms with Crippen LogP contribution in [0.1, 0.15) is 26.2 Å². The highest BCUT2D eigenvalue weighted by Gasteiger charge is 2.25. The fourth-order valence-electron chi connectivity index (χ4n) is 1.50. The number of carbonyl (C=O) groups is 5. The van der Waals surface area contributed by atoms with Crippen molar-refractivity contribution >= 4 is 29.8 Å². The van der Waals surface area contributed by atoms with Crippen LogP contribution in [0.4, 0.5) is 4.79 Å². The van der Waals surface area contributed by atoms with Gasteiger partial charge in [-0.05, 0) is 6.42 Å². The van der Waals surface area contributed by atoms with E-state index in [2.05, 4.69) is 10.6 Å². The van der Waals surface area contributed by atoms with Gasteiger partial charge < -0.3 is 31.3 Å². The quantitative estimate of drug-likeness (QED) is 0.279. The van der Waals surface area contributed by atoms with Crippen molar-refractivity contribution < 1.29 is 39.3 Å². The van der Waals surface area contributed by atoms with Crippen molar-refractivity contribution in [2.24, 2.45) is 0 Å². The van der Waals surface area contributed by atoms with Crippen molar-refractivity contribution in [2.75, 3.05) is 0 Å². The summed E-state index contributed by atoms with van der Waals surface area (Å²) in [5, 5.41) is 32.0. The molecule has 2 atom stereocenters. The lowest BCUT2D eigenvalue weighted by Gasteiger charge is -2.22. The van der Waals surface area contributed by atoms with E-state index in [-0.39, 0.29) is 6.42 Å². The van der Waals surface area contributed by atoms with Crippen LogP contribution in [0.3, 0.4) is 0 Å². The fraction of sp³-hybridized carbons (Fsp3) is 0.545. The van der Waals surface area contributed by atoms with Crippen LogP contribution >= 0.6 is 0 Å². The van der Waals surface area contributed by atoms with Crippen molar-refractivity contribution in [1.29, 1.82) is 0 Å². The van der Waals surface area contributed by atoms with E-state index in [1.165, 1.54) is 0 Å². The largest absolute Gasteiger partial charge is 0.481 e. The average Bonchev–Trinajstić information content (AvgIpc) is 2.33. The summed E-state index contributed by atoms with van der Waals surface area (Å²) in [6.45, 7) is 1.08. The molecular formula is C11H17N3O8. The summed E-state index contributed by atoms with van der Waals surface area (Å²) in [5.74, 6) is -4.13. The molecule has 0 fully saturated rings. The Labute approximate surface area is 124 Å². The van der Waals surface area contributed by atoms with Gasteiger partial charge in [0.2, 0.25) is 11.8 Å². The highest BCUT2D eigenvalue weighted by atomic mass is 16.4. The Balaban J connectivity index is 4.83. The molecule has 11 nitrogen and oxygen atoms in total. The van der Waals surface area contributed by atoms with Crippen molar-refractivity contribution in [1.82, 2.24) is 16.0 Å². The Morgan fingerprint density at radius 2 is 1.50 bits per heavy atom. The summed E-state index contributed by atoms with van der Waals surface area (Å²) in [6, 6.07) is -1.40. The first-order valence-corrected chi connectivity index (χ1v) is 6.12. The lowest BCUT2D eigenvalue weighted by Crippen LogP contribution is -2.54. The molecule has 0 saturated carbocycles. The third-order valence-electron chi connectivity index (χ3n) is 2.33. The average molecular weight is 319 g/mol. The zero-order chi connectivity index (χ0) is 17.3. The number of nitrogens with one attached hydrogen (secondary N) is 3. The zero-order valence-corrected chi connectivity index (χ0v) is 11.7. The molecule has 22 heavy (non-hydrogen) atoms. The van der Waals surface area contributed by atoms with Gasteiger partial charge >= 0.3 is 18.0 Å². The van der Waals surface area contributed by atoms with Gasteiger partial charge in [0.25, 0.3) is 0 Å². The van der Waals surface area contributed by atoms with E-state index in [0.717, 1.165) is 6.92 Å². The Morgan fingerprint density at radius 3 is 1.91 bits per heavy atom. The van der Waals surface area contributed by atoms with Crippen molar-refractivity contribution in [3.8, 4) is 0 Å². The van der Waals surface area contributed by atoms with Crippen LogP contribution in [0, 0.1) is 0 Å². The Hall–Kier alpha value is -2.85. The van der Waals surface area contributed by atoms with Crippen LogP contribution in [0.5, 0.6) is 0 Å². The first-order chi connectivity index (χ1) is 10.1. The maximum atomic E-state index is 11.9. The first kappa shape index (κ1) is 19.1. The van der Waals surface area contributed by atoms with E-state index in [1.54, 1.807) is 0 Å². The molecule has 11 heteroatoms. The molecule has 0 saturated heterocycles. The maximum absolute atomic E-state index is 11.9. The Morgan fingerprint density at radius 1 is 0.909 bits per heavy atom.